The minimum atomic E-state index is -0.484. The molecular weight excluding hydrogens is 184 g/mol. The normalized spacial score (nSPS) is 12.6. The molecule has 0 aliphatic carbocycles. The fourth-order valence-corrected chi connectivity index (χ4v) is 1.61. The lowest BCUT2D eigenvalue weighted by Gasteiger charge is -2.11. The van der Waals surface area contributed by atoms with Crippen LogP contribution >= 0.6 is 11.8 Å². The fraction of sp³-hybridized carbons (Fsp3) is 0.400. The van der Waals surface area contributed by atoms with Gasteiger partial charge < -0.3 is 9.84 Å². The summed E-state index contributed by atoms with van der Waals surface area (Å²) in [5, 5.41) is 9.47. The van der Waals surface area contributed by atoms with Gasteiger partial charge in [0.2, 0.25) is 0 Å². The van der Waals surface area contributed by atoms with Crippen molar-refractivity contribution in [2.45, 2.75) is 17.9 Å². The summed E-state index contributed by atoms with van der Waals surface area (Å²) in [7, 11) is 1.61. The van der Waals surface area contributed by atoms with Gasteiger partial charge in [-0.05, 0) is 31.4 Å². The number of aliphatic hydroxyl groups excluding tert-OH is 1. The Hall–Kier alpha value is -0.670. The van der Waals surface area contributed by atoms with E-state index in [2.05, 4.69) is 0 Å². The summed E-state index contributed by atoms with van der Waals surface area (Å²) in [5.74, 6) is 0.743. The Morgan fingerprint density at radius 3 is 2.62 bits per heavy atom. The third-order valence-corrected chi connectivity index (χ3v) is 2.61. The van der Waals surface area contributed by atoms with Crippen molar-refractivity contribution in [2.75, 3.05) is 13.4 Å². The highest BCUT2D eigenvalue weighted by Crippen LogP contribution is 2.29. The van der Waals surface area contributed by atoms with E-state index in [1.54, 1.807) is 25.8 Å². The van der Waals surface area contributed by atoms with E-state index >= 15 is 0 Å². The van der Waals surface area contributed by atoms with Gasteiger partial charge in [-0.3, -0.25) is 0 Å². The Morgan fingerprint density at radius 2 is 2.15 bits per heavy atom. The van der Waals surface area contributed by atoms with Crippen LogP contribution in [0.5, 0.6) is 5.75 Å². The van der Waals surface area contributed by atoms with Crippen LogP contribution in [-0.4, -0.2) is 18.5 Å². The lowest BCUT2D eigenvalue weighted by atomic mass is 10.1. The van der Waals surface area contributed by atoms with Gasteiger partial charge in [-0.25, -0.2) is 0 Å². The van der Waals surface area contributed by atoms with Crippen LogP contribution in [-0.2, 0) is 0 Å². The Kier molecular flexibility index (Phi) is 3.63. The van der Waals surface area contributed by atoms with E-state index in [1.807, 2.05) is 24.5 Å². The number of benzene rings is 1. The summed E-state index contributed by atoms with van der Waals surface area (Å²) < 4.78 is 5.14. The molecule has 1 rings (SSSR count). The molecule has 0 saturated heterocycles. The first-order valence-corrected chi connectivity index (χ1v) is 5.31. The summed E-state index contributed by atoms with van der Waals surface area (Å²) in [4.78, 5) is 1.14. The molecule has 0 aliphatic heterocycles. The maximum atomic E-state index is 9.47. The van der Waals surface area contributed by atoms with Gasteiger partial charge in [0.05, 0.1) is 13.2 Å². The number of thioether (sulfide) groups is 1. The van der Waals surface area contributed by atoms with E-state index < -0.39 is 6.10 Å². The van der Waals surface area contributed by atoms with Crippen molar-refractivity contribution in [2.24, 2.45) is 0 Å². The van der Waals surface area contributed by atoms with E-state index in [9.17, 15) is 5.11 Å². The Bertz CT molecular complexity index is 284. The average molecular weight is 198 g/mol. The van der Waals surface area contributed by atoms with Crippen molar-refractivity contribution in [1.29, 1.82) is 0 Å². The second kappa shape index (κ2) is 4.53. The van der Waals surface area contributed by atoms with Crippen molar-refractivity contribution in [3.05, 3.63) is 23.8 Å². The van der Waals surface area contributed by atoms with Crippen LogP contribution in [0, 0.1) is 0 Å². The van der Waals surface area contributed by atoms with E-state index in [-0.39, 0.29) is 0 Å². The molecule has 1 unspecified atom stereocenters. The van der Waals surface area contributed by atoms with Crippen LogP contribution < -0.4 is 4.74 Å². The smallest absolute Gasteiger partial charge is 0.124 e. The molecule has 0 aliphatic rings. The quantitative estimate of drug-likeness (QED) is 0.757. The third-order valence-electron chi connectivity index (χ3n) is 1.89. The zero-order valence-corrected chi connectivity index (χ0v) is 8.89. The second-order valence-corrected chi connectivity index (χ2v) is 3.66. The van der Waals surface area contributed by atoms with Gasteiger partial charge in [0.15, 0.2) is 0 Å². The molecule has 3 heteroatoms. The number of hydrogen-bond acceptors (Lipinski definition) is 3. The third kappa shape index (κ3) is 2.39. The predicted molar refractivity (Wildman–Crippen MR) is 55.4 cm³/mol. The summed E-state index contributed by atoms with van der Waals surface area (Å²) in [6, 6.07) is 5.82. The molecule has 1 aromatic carbocycles. The monoisotopic (exact) mass is 198 g/mol. The first kappa shape index (κ1) is 10.4. The number of methoxy groups -OCH3 is 1. The molecular formula is C10H14O2S. The van der Waals surface area contributed by atoms with Crippen LogP contribution in [0.1, 0.15) is 18.6 Å². The molecule has 0 bridgehead atoms. The summed E-state index contributed by atoms with van der Waals surface area (Å²) >= 11 is 1.65. The van der Waals surface area contributed by atoms with Crippen LogP contribution in [0.2, 0.25) is 0 Å². The van der Waals surface area contributed by atoms with Gasteiger partial charge in [0.25, 0.3) is 0 Å². The Morgan fingerprint density at radius 1 is 1.46 bits per heavy atom. The first-order valence-electron chi connectivity index (χ1n) is 4.09. The van der Waals surface area contributed by atoms with E-state index in [0.29, 0.717) is 0 Å². The lowest BCUT2D eigenvalue weighted by Crippen LogP contribution is -1.96. The molecule has 0 amide bonds. The number of aliphatic hydroxyl groups is 1. The van der Waals surface area contributed by atoms with Crippen molar-refractivity contribution in [3.63, 3.8) is 0 Å². The Balaban J connectivity index is 3.10. The van der Waals surface area contributed by atoms with Crippen molar-refractivity contribution >= 4 is 11.8 Å². The van der Waals surface area contributed by atoms with Gasteiger partial charge in [-0.2, -0.15) is 0 Å². The Labute approximate surface area is 82.9 Å². The van der Waals surface area contributed by atoms with Gasteiger partial charge in [-0.15, -0.1) is 11.8 Å². The average Bonchev–Trinajstić information content (AvgIpc) is 2.16. The van der Waals surface area contributed by atoms with Gasteiger partial charge in [0.1, 0.15) is 5.75 Å². The number of hydrogen-bond donors (Lipinski definition) is 1. The van der Waals surface area contributed by atoms with Crippen molar-refractivity contribution in [1.82, 2.24) is 0 Å². The van der Waals surface area contributed by atoms with Gasteiger partial charge in [-0.1, -0.05) is 0 Å². The first-order chi connectivity index (χ1) is 6.19. The van der Waals surface area contributed by atoms with E-state index in [0.717, 1.165) is 16.2 Å². The molecule has 1 N–H and O–H groups in total. The summed E-state index contributed by atoms with van der Waals surface area (Å²) in [6.45, 7) is 1.74. The summed E-state index contributed by atoms with van der Waals surface area (Å²) in [6.07, 6.45) is 1.52. The molecule has 0 fully saturated rings. The molecule has 72 valence electrons. The molecule has 0 spiro atoms. The van der Waals surface area contributed by atoms with Crippen molar-refractivity contribution < 1.29 is 9.84 Å². The summed E-state index contributed by atoms with van der Waals surface area (Å²) in [5.41, 5.74) is 0.842. The zero-order valence-electron chi connectivity index (χ0n) is 8.07. The highest BCUT2D eigenvalue weighted by Gasteiger charge is 2.08. The zero-order chi connectivity index (χ0) is 9.84. The maximum Gasteiger partial charge on any atom is 0.124 e. The lowest BCUT2D eigenvalue weighted by molar-refractivity contribution is 0.194. The van der Waals surface area contributed by atoms with Crippen LogP contribution in [0.3, 0.4) is 0 Å². The molecule has 2 nitrogen and oxygen atoms in total. The molecule has 1 atom stereocenters. The number of rotatable bonds is 3. The van der Waals surface area contributed by atoms with Crippen molar-refractivity contribution in [3.8, 4) is 5.75 Å². The molecule has 0 saturated carbocycles. The largest absolute Gasteiger partial charge is 0.496 e. The van der Waals surface area contributed by atoms with E-state index in [1.165, 1.54) is 0 Å². The second-order valence-electron chi connectivity index (χ2n) is 2.78. The standard InChI is InChI=1S/C10H14O2S/c1-7(11)9-6-8(13-3)4-5-10(9)12-2/h4-7,11H,1-3H3. The van der Waals surface area contributed by atoms with Gasteiger partial charge in [0, 0.05) is 10.5 Å². The minimum Gasteiger partial charge on any atom is -0.496 e. The maximum absolute atomic E-state index is 9.47. The molecule has 0 aromatic heterocycles. The van der Waals surface area contributed by atoms with Gasteiger partial charge >= 0.3 is 0 Å². The minimum absolute atomic E-state index is 0.484. The molecule has 1 aromatic rings. The fourth-order valence-electron chi connectivity index (χ4n) is 1.17. The van der Waals surface area contributed by atoms with Crippen LogP contribution in [0.25, 0.3) is 0 Å². The van der Waals surface area contributed by atoms with E-state index in [4.69, 9.17) is 4.74 Å². The highest BCUT2D eigenvalue weighted by molar-refractivity contribution is 7.98. The van der Waals surface area contributed by atoms with Crippen LogP contribution in [0.4, 0.5) is 0 Å². The molecule has 13 heavy (non-hydrogen) atoms. The number of ether oxygens (including phenoxy) is 1. The molecule has 0 heterocycles. The van der Waals surface area contributed by atoms with Crippen LogP contribution in [0.15, 0.2) is 23.1 Å². The predicted octanol–water partition coefficient (Wildman–Crippen LogP) is 2.47. The molecule has 0 radical (unpaired) electrons. The SMILES string of the molecule is COc1ccc(SC)cc1C(C)O. The topological polar surface area (TPSA) is 29.5 Å². The highest BCUT2D eigenvalue weighted by atomic mass is 32.2.